The van der Waals surface area contributed by atoms with Crippen LogP contribution in [-0.4, -0.2) is 47.6 Å². The number of carboxylic acid groups (broad SMARTS) is 1. The Morgan fingerprint density at radius 1 is 1.16 bits per heavy atom. The predicted octanol–water partition coefficient (Wildman–Crippen LogP) is 1.23. The number of hydrogen-bond donors (Lipinski definition) is 2. The third-order valence-electron chi connectivity index (χ3n) is 4.23. The first kappa shape index (κ1) is 14.3. The average Bonchev–Trinajstić information content (AvgIpc) is 2.88. The minimum absolute atomic E-state index is 0.127. The normalized spacial score (nSPS) is 24.6. The third-order valence-corrected chi connectivity index (χ3v) is 4.23. The summed E-state index contributed by atoms with van der Waals surface area (Å²) in [5.41, 5.74) is 0. The van der Waals surface area contributed by atoms with Gasteiger partial charge in [-0.3, -0.25) is 9.59 Å². The molecule has 1 unspecified atom stereocenters. The van der Waals surface area contributed by atoms with Crippen molar-refractivity contribution >= 4 is 11.9 Å². The van der Waals surface area contributed by atoms with E-state index in [-0.39, 0.29) is 18.2 Å². The molecule has 2 aliphatic rings. The fourth-order valence-corrected chi connectivity index (χ4v) is 3.18. The monoisotopic (exact) mass is 268 g/mol. The maximum Gasteiger partial charge on any atom is 0.303 e. The largest absolute Gasteiger partial charge is 0.481 e. The van der Waals surface area contributed by atoms with Crippen molar-refractivity contribution in [2.45, 2.75) is 51.0 Å². The van der Waals surface area contributed by atoms with Crippen molar-refractivity contribution < 1.29 is 14.7 Å². The molecule has 1 aliphatic heterocycles. The smallest absolute Gasteiger partial charge is 0.303 e. The van der Waals surface area contributed by atoms with Crippen LogP contribution in [0.4, 0.5) is 0 Å². The van der Waals surface area contributed by atoms with Gasteiger partial charge in [-0.2, -0.15) is 0 Å². The number of nitrogens with zero attached hydrogens (tertiary/aromatic N) is 1. The van der Waals surface area contributed by atoms with Crippen molar-refractivity contribution in [1.29, 1.82) is 0 Å². The van der Waals surface area contributed by atoms with Gasteiger partial charge in [-0.1, -0.05) is 12.8 Å². The van der Waals surface area contributed by atoms with Crippen LogP contribution in [0.15, 0.2) is 0 Å². The molecular weight excluding hydrogens is 244 g/mol. The lowest BCUT2D eigenvalue weighted by Crippen LogP contribution is -2.45. The zero-order chi connectivity index (χ0) is 13.7. The van der Waals surface area contributed by atoms with Crippen molar-refractivity contribution in [2.24, 2.45) is 5.92 Å². The van der Waals surface area contributed by atoms with Gasteiger partial charge in [0, 0.05) is 25.6 Å². The van der Waals surface area contributed by atoms with Crippen molar-refractivity contribution in [3.05, 3.63) is 0 Å². The Kier molecular flexibility index (Phi) is 5.19. The van der Waals surface area contributed by atoms with Gasteiger partial charge in [0.15, 0.2) is 0 Å². The molecule has 2 N–H and O–H groups in total. The van der Waals surface area contributed by atoms with Gasteiger partial charge in [0.1, 0.15) is 0 Å². The minimum Gasteiger partial charge on any atom is -0.481 e. The number of carboxylic acids is 1. The minimum atomic E-state index is -0.761. The lowest BCUT2D eigenvalue weighted by Gasteiger charge is -2.32. The summed E-state index contributed by atoms with van der Waals surface area (Å²) in [6.07, 6.45) is 6.90. The van der Waals surface area contributed by atoms with Gasteiger partial charge in [-0.15, -0.1) is 0 Å². The molecule has 1 saturated carbocycles. The van der Waals surface area contributed by atoms with Crippen LogP contribution in [0.3, 0.4) is 0 Å². The average molecular weight is 268 g/mol. The predicted molar refractivity (Wildman–Crippen MR) is 71.8 cm³/mol. The molecule has 5 heteroatoms. The molecule has 0 aromatic rings. The number of hydrogen-bond acceptors (Lipinski definition) is 3. The van der Waals surface area contributed by atoms with Crippen molar-refractivity contribution in [2.75, 3.05) is 19.6 Å². The summed E-state index contributed by atoms with van der Waals surface area (Å²) in [4.78, 5) is 24.7. The Morgan fingerprint density at radius 3 is 2.58 bits per heavy atom. The zero-order valence-electron chi connectivity index (χ0n) is 11.4. The van der Waals surface area contributed by atoms with Crippen molar-refractivity contribution in [3.8, 4) is 0 Å². The van der Waals surface area contributed by atoms with Crippen LogP contribution in [0.5, 0.6) is 0 Å². The fraction of sp³-hybridized carbons (Fsp3) is 0.857. The van der Waals surface area contributed by atoms with E-state index < -0.39 is 5.97 Å². The van der Waals surface area contributed by atoms with Gasteiger partial charge in [-0.05, 0) is 31.6 Å². The van der Waals surface area contributed by atoms with Gasteiger partial charge < -0.3 is 15.3 Å². The molecule has 19 heavy (non-hydrogen) atoms. The number of carbonyl (C=O) groups excluding carboxylic acids is 1. The van der Waals surface area contributed by atoms with Crippen LogP contribution in [0.1, 0.15) is 44.9 Å². The maximum atomic E-state index is 12.1. The first-order valence-electron chi connectivity index (χ1n) is 7.38. The van der Waals surface area contributed by atoms with E-state index in [9.17, 15) is 9.59 Å². The van der Waals surface area contributed by atoms with Crippen LogP contribution in [-0.2, 0) is 9.59 Å². The molecule has 0 radical (unpaired) electrons. The molecule has 2 fully saturated rings. The summed E-state index contributed by atoms with van der Waals surface area (Å²) in [7, 11) is 0. The summed E-state index contributed by atoms with van der Waals surface area (Å²) < 4.78 is 0. The first-order valence-corrected chi connectivity index (χ1v) is 7.38. The maximum absolute atomic E-state index is 12.1. The first-order chi connectivity index (χ1) is 9.15. The number of amides is 1. The highest BCUT2D eigenvalue weighted by molar-refractivity contribution is 5.78. The second-order valence-corrected chi connectivity index (χ2v) is 5.81. The Morgan fingerprint density at radius 2 is 1.89 bits per heavy atom. The molecule has 0 aromatic carbocycles. The highest BCUT2D eigenvalue weighted by Crippen LogP contribution is 2.20. The van der Waals surface area contributed by atoms with E-state index in [1.807, 2.05) is 4.90 Å². The van der Waals surface area contributed by atoms with E-state index in [0.717, 1.165) is 19.4 Å². The summed E-state index contributed by atoms with van der Waals surface area (Å²) in [5.74, 6) is -0.507. The lowest BCUT2D eigenvalue weighted by atomic mass is 9.95. The van der Waals surface area contributed by atoms with Crippen molar-refractivity contribution in [1.82, 2.24) is 10.2 Å². The highest BCUT2D eigenvalue weighted by Gasteiger charge is 2.25. The van der Waals surface area contributed by atoms with E-state index >= 15 is 0 Å². The fourth-order valence-electron chi connectivity index (χ4n) is 3.18. The molecule has 1 aliphatic carbocycles. The Balaban J connectivity index is 1.73. The van der Waals surface area contributed by atoms with Gasteiger partial charge in [0.25, 0.3) is 0 Å². The highest BCUT2D eigenvalue weighted by atomic mass is 16.4. The number of aliphatic carboxylic acids is 1. The van der Waals surface area contributed by atoms with E-state index in [0.29, 0.717) is 19.1 Å². The number of rotatable bonds is 5. The molecule has 1 saturated heterocycles. The zero-order valence-corrected chi connectivity index (χ0v) is 11.4. The van der Waals surface area contributed by atoms with Gasteiger partial charge in [0.05, 0.1) is 6.54 Å². The summed E-state index contributed by atoms with van der Waals surface area (Å²) in [6, 6.07) is 0.503. The Hall–Kier alpha value is -1.10. The lowest BCUT2D eigenvalue weighted by molar-refractivity contribution is -0.140. The van der Waals surface area contributed by atoms with Crippen LogP contribution in [0.2, 0.25) is 0 Å². The van der Waals surface area contributed by atoms with E-state index in [4.69, 9.17) is 5.11 Å². The van der Waals surface area contributed by atoms with Crippen LogP contribution < -0.4 is 5.32 Å². The topological polar surface area (TPSA) is 69.6 Å². The van der Waals surface area contributed by atoms with E-state index in [2.05, 4.69) is 5.32 Å². The second kappa shape index (κ2) is 6.89. The summed E-state index contributed by atoms with van der Waals surface area (Å²) in [5, 5.41) is 12.1. The van der Waals surface area contributed by atoms with Crippen LogP contribution >= 0.6 is 0 Å². The number of likely N-dealkylation sites (tertiary alicyclic amines) is 1. The van der Waals surface area contributed by atoms with E-state index in [1.165, 1.54) is 25.7 Å². The Labute approximate surface area is 114 Å². The molecule has 2 rings (SSSR count). The molecule has 108 valence electrons. The molecule has 5 nitrogen and oxygen atoms in total. The standard InChI is InChI=1S/C14H24N2O3/c17-13(9-15-12-5-1-2-6-12)16-7-3-4-11(10-16)8-14(18)19/h11-12,15H,1-10H2,(H,18,19). The van der Waals surface area contributed by atoms with Crippen LogP contribution in [0, 0.1) is 5.92 Å². The summed E-state index contributed by atoms with van der Waals surface area (Å²) >= 11 is 0. The Bertz CT molecular complexity index is 327. The molecular formula is C14H24N2O3. The molecule has 0 aromatic heterocycles. The van der Waals surface area contributed by atoms with Gasteiger partial charge >= 0.3 is 5.97 Å². The molecule has 1 atom stereocenters. The van der Waals surface area contributed by atoms with Crippen LogP contribution in [0.25, 0.3) is 0 Å². The SMILES string of the molecule is O=C(O)CC1CCCN(C(=O)CNC2CCCC2)C1. The number of piperidine rings is 1. The molecule has 1 amide bonds. The second-order valence-electron chi connectivity index (χ2n) is 5.81. The third kappa shape index (κ3) is 4.49. The number of nitrogens with one attached hydrogen (secondary N) is 1. The summed E-state index contributed by atoms with van der Waals surface area (Å²) in [6.45, 7) is 1.79. The molecule has 1 heterocycles. The van der Waals surface area contributed by atoms with E-state index in [1.54, 1.807) is 0 Å². The number of carbonyl (C=O) groups is 2. The van der Waals surface area contributed by atoms with Gasteiger partial charge in [0.2, 0.25) is 5.91 Å². The van der Waals surface area contributed by atoms with Crippen molar-refractivity contribution in [3.63, 3.8) is 0 Å². The molecule has 0 spiro atoms. The van der Waals surface area contributed by atoms with Gasteiger partial charge in [-0.25, -0.2) is 0 Å². The molecule has 0 bridgehead atoms. The quantitative estimate of drug-likeness (QED) is 0.787.